The van der Waals surface area contributed by atoms with Crippen LogP contribution in [0.3, 0.4) is 0 Å². The molecule has 0 bridgehead atoms. The highest BCUT2D eigenvalue weighted by molar-refractivity contribution is 6.31. The highest BCUT2D eigenvalue weighted by Crippen LogP contribution is 2.29. The summed E-state index contributed by atoms with van der Waals surface area (Å²) in [5, 5.41) is 0.596. The average Bonchev–Trinajstić information content (AvgIpc) is 2.98. The summed E-state index contributed by atoms with van der Waals surface area (Å²) in [6, 6.07) is 7.28. The maximum Gasteiger partial charge on any atom is 0.250 e. The number of carbonyl (C=O) groups excluding carboxylic acids is 1. The maximum atomic E-state index is 12.0. The van der Waals surface area contributed by atoms with Crippen LogP contribution in [-0.2, 0) is 0 Å². The van der Waals surface area contributed by atoms with E-state index in [4.69, 9.17) is 17.3 Å². The Kier molecular flexibility index (Phi) is 5.99. The average molecular weight is 356 g/mol. The molecule has 2 aromatic rings. The molecular weight excluding hydrogens is 334 g/mol. The lowest BCUT2D eigenvalue weighted by Gasteiger charge is -2.06. The number of aromatic amines is 1. The molecular formula is C20H22ClN3O. The second kappa shape index (κ2) is 7.99. The number of halogens is 1. The summed E-state index contributed by atoms with van der Waals surface area (Å²) < 4.78 is 0. The van der Waals surface area contributed by atoms with Gasteiger partial charge in [0.05, 0.1) is 22.7 Å². The molecule has 3 N–H and O–H groups in total. The molecule has 2 rings (SSSR count). The number of benzene rings is 1. The molecule has 0 aliphatic carbocycles. The minimum atomic E-state index is -0.501. The first-order valence-corrected chi connectivity index (χ1v) is 8.34. The van der Waals surface area contributed by atoms with Crippen molar-refractivity contribution in [2.45, 2.75) is 27.7 Å². The number of amides is 1. The fraction of sp³-hybridized carbons (Fsp3) is 0.200. The summed E-state index contributed by atoms with van der Waals surface area (Å²) in [5.41, 5.74) is 11.0. The molecule has 5 heteroatoms. The highest BCUT2D eigenvalue weighted by atomic mass is 35.5. The Bertz CT molecular complexity index is 884. The van der Waals surface area contributed by atoms with E-state index in [1.54, 1.807) is 12.3 Å². The van der Waals surface area contributed by atoms with Crippen molar-refractivity contribution in [3.05, 3.63) is 70.0 Å². The van der Waals surface area contributed by atoms with Gasteiger partial charge in [0.15, 0.2) is 0 Å². The molecule has 4 nitrogen and oxygen atoms in total. The number of allylic oxidation sites excluding steroid dienone is 3. The van der Waals surface area contributed by atoms with Crippen molar-refractivity contribution < 1.29 is 4.79 Å². The predicted molar refractivity (Wildman–Crippen MR) is 105 cm³/mol. The van der Waals surface area contributed by atoms with Gasteiger partial charge in [0.2, 0.25) is 0 Å². The van der Waals surface area contributed by atoms with Crippen molar-refractivity contribution in [3.8, 4) is 11.3 Å². The zero-order chi connectivity index (χ0) is 18.6. The summed E-state index contributed by atoms with van der Waals surface area (Å²) >= 11 is 6.13. The third-order valence-corrected chi connectivity index (χ3v) is 3.85. The van der Waals surface area contributed by atoms with Crippen molar-refractivity contribution in [3.63, 3.8) is 0 Å². The summed E-state index contributed by atoms with van der Waals surface area (Å²) in [4.78, 5) is 19.7. The van der Waals surface area contributed by atoms with Gasteiger partial charge in [-0.25, -0.2) is 0 Å². The molecule has 0 saturated heterocycles. The number of aromatic nitrogens is 1. The Hall–Kier alpha value is -2.59. The number of carbonyl (C=O) groups is 1. The Labute approximate surface area is 153 Å². The normalized spacial score (nSPS) is 11.8. The Morgan fingerprint density at radius 3 is 2.60 bits per heavy atom. The predicted octanol–water partition coefficient (Wildman–Crippen LogP) is 5.03. The van der Waals surface area contributed by atoms with Gasteiger partial charge in [0.25, 0.3) is 5.91 Å². The number of nitrogens with one attached hydrogen (secondary N) is 1. The molecule has 1 aromatic heterocycles. The van der Waals surface area contributed by atoms with Crippen molar-refractivity contribution in [2.24, 2.45) is 10.7 Å². The molecule has 0 aliphatic heterocycles. The zero-order valence-electron chi connectivity index (χ0n) is 14.9. The number of H-pyrrole nitrogens is 1. The molecule has 1 amide bonds. The van der Waals surface area contributed by atoms with Gasteiger partial charge in [0, 0.05) is 16.8 Å². The largest absolute Gasteiger partial charge is 0.366 e. The lowest BCUT2D eigenvalue weighted by molar-refractivity contribution is 0.100. The van der Waals surface area contributed by atoms with Gasteiger partial charge in [0.1, 0.15) is 0 Å². The summed E-state index contributed by atoms with van der Waals surface area (Å²) in [7, 11) is 0. The van der Waals surface area contributed by atoms with Crippen molar-refractivity contribution in [1.29, 1.82) is 0 Å². The molecule has 25 heavy (non-hydrogen) atoms. The number of nitrogens with zero attached hydrogens (tertiary/aromatic N) is 1. The van der Waals surface area contributed by atoms with Crippen molar-refractivity contribution >= 4 is 23.2 Å². The first-order chi connectivity index (χ1) is 11.8. The molecule has 0 aliphatic rings. The van der Waals surface area contributed by atoms with E-state index < -0.39 is 5.91 Å². The highest BCUT2D eigenvalue weighted by Gasteiger charge is 2.18. The Morgan fingerprint density at radius 1 is 1.28 bits per heavy atom. The number of hydrogen-bond acceptors (Lipinski definition) is 2. The topological polar surface area (TPSA) is 71.2 Å². The summed E-state index contributed by atoms with van der Waals surface area (Å²) in [5.74, 6) is -0.501. The Morgan fingerprint density at radius 2 is 2.00 bits per heavy atom. The molecule has 1 aromatic carbocycles. The van der Waals surface area contributed by atoms with E-state index in [0.717, 1.165) is 28.1 Å². The molecule has 1 heterocycles. The minimum Gasteiger partial charge on any atom is -0.366 e. The van der Waals surface area contributed by atoms with Crippen LogP contribution in [0, 0.1) is 6.92 Å². The number of aryl methyl sites for hydroxylation is 1. The van der Waals surface area contributed by atoms with E-state index in [1.807, 2.05) is 58.0 Å². The second-order valence-electron chi connectivity index (χ2n) is 6.02. The number of aliphatic imine (C=N–C) groups is 1. The first kappa shape index (κ1) is 18.7. The first-order valence-electron chi connectivity index (χ1n) is 7.97. The van der Waals surface area contributed by atoms with Crippen LogP contribution < -0.4 is 5.73 Å². The zero-order valence-corrected chi connectivity index (χ0v) is 15.6. The number of rotatable bonds is 5. The van der Waals surface area contributed by atoms with E-state index in [0.29, 0.717) is 16.3 Å². The molecule has 0 spiro atoms. The van der Waals surface area contributed by atoms with Gasteiger partial charge in [-0.05, 0) is 57.5 Å². The SMILES string of the molecule is C/C=C\C(=NC=C(C)C)c1cc(C(N)=O)c(-c2cc(Cl)ccc2C)[nH]1. The third kappa shape index (κ3) is 4.48. The molecule has 0 unspecified atom stereocenters. The lowest BCUT2D eigenvalue weighted by atomic mass is 10.0. The van der Waals surface area contributed by atoms with Gasteiger partial charge in [-0.15, -0.1) is 0 Å². The minimum absolute atomic E-state index is 0.412. The van der Waals surface area contributed by atoms with Crippen LogP contribution in [0.4, 0.5) is 0 Å². The van der Waals surface area contributed by atoms with E-state index >= 15 is 0 Å². The van der Waals surface area contributed by atoms with Gasteiger partial charge >= 0.3 is 0 Å². The molecule has 0 saturated carbocycles. The van der Waals surface area contributed by atoms with Crippen molar-refractivity contribution in [2.75, 3.05) is 0 Å². The van der Waals surface area contributed by atoms with Crippen LogP contribution in [-0.4, -0.2) is 16.6 Å². The van der Waals surface area contributed by atoms with Crippen LogP contribution in [0.2, 0.25) is 5.02 Å². The Balaban J connectivity index is 2.67. The molecule has 0 radical (unpaired) electrons. The molecule has 130 valence electrons. The fourth-order valence-electron chi connectivity index (χ4n) is 2.42. The van der Waals surface area contributed by atoms with Crippen LogP contribution in [0.15, 0.2) is 53.2 Å². The van der Waals surface area contributed by atoms with Crippen molar-refractivity contribution in [1.82, 2.24) is 4.98 Å². The monoisotopic (exact) mass is 355 g/mol. The summed E-state index contributed by atoms with van der Waals surface area (Å²) in [6.45, 7) is 7.82. The second-order valence-corrected chi connectivity index (χ2v) is 6.45. The smallest absolute Gasteiger partial charge is 0.250 e. The van der Waals surface area contributed by atoms with E-state index in [-0.39, 0.29) is 0 Å². The van der Waals surface area contributed by atoms with Crippen LogP contribution in [0.25, 0.3) is 11.3 Å². The lowest BCUT2D eigenvalue weighted by Crippen LogP contribution is -2.11. The van der Waals surface area contributed by atoms with Gasteiger partial charge in [-0.2, -0.15) is 0 Å². The third-order valence-electron chi connectivity index (χ3n) is 3.61. The fourth-order valence-corrected chi connectivity index (χ4v) is 2.59. The van der Waals surface area contributed by atoms with Gasteiger partial charge < -0.3 is 10.7 Å². The van der Waals surface area contributed by atoms with Gasteiger partial charge in [-0.1, -0.05) is 29.3 Å². The van der Waals surface area contributed by atoms with E-state index in [9.17, 15) is 4.79 Å². The number of hydrogen-bond donors (Lipinski definition) is 2. The quantitative estimate of drug-likeness (QED) is 0.725. The number of primary amides is 1. The van der Waals surface area contributed by atoms with Crippen LogP contribution in [0.5, 0.6) is 0 Å². The van der Waals surface area contributed by atoms with E-state index in [1.165, 1.54) is 0 Å². The molecule has 0 fully saturated rings. The van der Waals surface area contributed by atoms with E-state index in [2.05, 4.69) is 9.98 Å². The van der Waals surface area contributed by atoms with Crippen LogP contribution in [0.1, 0.15) is 42.4 Å². The van der Waals surface area contributed by atoms with Gasteiger partial charge in [-0.3, -0.25) is 9.79 Å². The summed E-state index contributed by atoms with van der Waals surface area (Å²) in [6.07, 6.45) is 5.56. The molecule has 0 atom stereocenters. The van der Waals surface area contributed by atoms with Crippen LogP contribution >= 0.6 is 11.6 Å². The maximum absolute atomic E-state index is 12.0. The number of nitrogens with two attached hydrogens (primary N) is 1. The standard InChI is InChI=1S/C20H22ClN3O/c1-5-6-17(23-11-12(2)3)18-10-16(20(22)25)19(24-18)15-9-14(21)8-7-13(15)4/h5-11,24H,1-4H3,(H2,22,25)/b6-5-,23-17?.